The average Bonchev–Trinajstić information content (AvgIpc) is 2.83. The fourth-order valence-corrected chi connectivity index (χ4v) is 2.59. The van der Waals surface area contributed by atoms with Crippen molar-refractivity contribution in [2.45, 2.75) is 46.1 Å². The van der Waals surface area contributed by atoms with Crippen LogP contribution in [-0.4, -0.2) is 35.4 Å². The fourth-order valence-electron chi connectivity index (χ4n) is 2.59. The van der Waals surface area contributed by atoms with Crippen LogP contribution in [0.4, 0.5) is 5.82 Å². The molecule has 1 aliphatic rings. The lowest BCUT2D eigenvalue weighted by atomic mass is 9.90. The normalized spacial score (nSPS) is 17.6. The summed E-state index contributed by atoms with van der Waals surface area (Å²) >= 11 is 0. The van der Waals surface area contributed by atoms with Gasteiger partial charge >= 0.3 is 0 Å². The highest BCUT2D eigenvalue weighted by Crippen LogP contribution is 2.21. The first-order chi connectivity index (χ1) is 9.85. The molecule has 1 atom stereocenters. The summed E-state index contributed by atoms with van der Waals surface area (Å²) in [4.78, 5) is 12.2. The molecule has 2 heterocycles. The molecule has 1 unspecified atom stereocenters. The van der Waals surface area contributed by atoms with E-state index in [0.29, 0.717) is 19.0 Å². The number of nitrogens with two attached hydrogens (primary N) is 1. The van der Waals surface area contributed by atoms with Crippen molar-refractivity contribution in [1.29, 1.82) is 0 Å². The first-order valence-electron chi connectivity index (χ1n) is 7.53. The summed E-state index contributed by atoms with van der Waals surface area (Å²) in [5, 5.41) is 9.89. The number of H-pyrrole nitrogens is 1. The molecule has 4 N–H and O–H groups in total. The van der Waals surface area contributed by atoms with Gasteiger partial charge in [0, 0.05) is 25.0 Å². The molecule has 0 saturated carbocycles. The summed E-state index contributed by atoms with van der Waals surface area (Å²) in [5.74, 6) is 0.559. The third-order valence-electron chi connectivity index (χ3n) is 3.68. The summed E-state index contributed by atoms with van der Waals surface area (Å²) in [6, 6.07) is 1.37. The van der Waals surface area contributed by atoms with Crippen molar-refractivity contribution in [3.8, 4) is 0 Å². The summed E-state index contributed by atoms with van der Waals surface area (Å²) in [7, 11) is 0. The Kier molecular flexibility index (Phi) is 6.84. The minimum absolute atomic E-state index is 0. The first kappa shape index (κ1) is 18.9. The van der Waals surface area contributed by atoms with Crippen LogP contribution in [0.1, 0.15) is 39.3 Å². The second-order valence-corrected chi connectivity index (χ2v) is 6.98. The molecule has 1 aromatic heterocycles. The van der Waals surface area contributed by atoms with Gasteiger partial charge in [-0.1, -0.05) is 20.8 Å². The average molecular weight is 331 g/mol. The number of carbonyl (C=O) groups is 1. The number of aromatic nitrogens is 2. The summed E-state index contributed by atoms with van der Waals surface area (Å²) in [5.41, 5.74) is 7.23. The third kappa shape index (κ3) is 5.59. The molecule has 0 radical (unpaired) electrons. The molecular formula is C15H27ClN4O2. The predicted octanol–water partition coefficient (Wildman–Crippen LogP) is 2.11. The Bertz CT molecular complexity index is 478. The minimum atomic E-state index is -0.503. The maximum atomic E-state index is 12.2. The quantitative estimate of drug-likeness (QED) is 0.788. The molecule has 126 valence electrons. The number of anilines is 1. The highest BCUT2D eigenvalue weighted by molar-refractivity contribution is 5.94. The Balaban J connectivity index is 0.00000242. The Morgan fingerprint density at radius 1 is 1.50 bits per heavy atom. The van der Waals surface area contributed by atoms with E-state index in [4.69, 9.17) is 10.5 Å². The molecule has 6 nitrogen and oxygen atoms in total. The zero-order chi connectivity index (χ0) is 15.5. The third-order valence-corrected chi connectivity index (χ3v) is 3.68. The smallest absolute Gasteiger partial charge is 0.242 e. The topological polar surface area (TPSA) is 93.0 Å². The fraction of sp³-hybridized carbons (Fsp3) is 0.733. The number of ether oxygens (including phenoxy) is 1. The van der Waals surface area contributed by atoms with E-state index >= 15 is 0 Å². The van der Waals surface area contributed by atoms with Gasteiger partial charge in [-0.3, -0.25) is 9.89 Å². The summed E-state index contributed by atoms with van der Waals surface area (Å²) < 4.78 is 5.29. The van der Waals surface area contributed by atoms with Crippen LogP contribution >= 0.6 is 12.4 Å². The lowest BCUT2D eigenvalue weighted by molar-refractivity contribution is -0.119. The van der Waals surface area contributed by atoms with Gasteiger partial charge in [-0.15, -0.1) is 12.4 Å². The van der Waals surface area contributed by atoms with Crippen LogP contribution in [0.3, 0.4) is 0 Å². The highest BCUT2D eigenvalue weighted by Gasteiger charge is 2.27. The van der Waals surface area contributed by atoms with E-state index < -0.39 is 6.04 Å². The predicted molar refractivity (Wildman–Crippen MR) is 89.1 cm³/mol. The number of halogens is 1. The van der Waals surface area contributed by atoms with Crippen molar-refractivity contribution in [3.05, 3.63) is 11.8 Å². The minimum Gasteiger partial charge on any atom is -0.381 e. The molecule has 1 amide bonds. The molecule has 2 rings (SSSR count). The molecule has 0 aromatic carbocycles. The SMILES string of the molecule is CC(C)(C)Cc1cc(NC(=O)C(N)C2CCOCC2)n[nH]1.Cl. The molecule has 1 saturated heterocycles. The largest absolute Gasteiger partial charge is 0.381 e. The van der Waals surface area contributed by atoms with Crippen molar-refractivity contribution in [3.63, 3.8) is 0 Å². The molecule has 1 fully saturated rings. The Morgan fingerprint density at radius 3 is 2.73 bits per heavy atom. The number of rotatable bonds is 4. The van der Waals surface area contributed by atoms with Gasteiger partial charge in [-0.25, -0.2) is 0 Å². The van der Waals surface area contributed by atoms with E-state index in [9.17, 15) is 4.79 Å². The lowest BCUT2D eigenvalue weighted by Crippen LogP contribution is -2.44. The number of nitrogens with zero attached hydrogens (tertiary/aromatic N) is 1. The van der Waals surface area contributed by atoms with Crippen LogP contribution < -0.4 is 11.1 Å². The molecule has 0 aliphatic carbocycles. The van der Waals surface area contributed by atoms with Crippen molar-refractivity contribution >= 4 is 24.1 Å². The molecule has 22 heavy (non-hydrogen) atoms. The number of aromatic amines is 1. The van der Waals surface area contributed by atoms with Crippen LogP contribution in [0.5, 0.6) is 0 Å². The zero-order valence-corrected chi connectivity index (χ0v) is 14.3. The number of nitrogens with one attached hydrogen (secondary N) is 2. The second-order valence-electron chi connectivity index (χ2n) is 6.98. The standard InChI is InChI=1S/C15H26N4O2.ClH/c1-15(2,3)9-11-8-12(19-18-11)17-14(20)13(16)10-4-6-21-7-5-10;/h8,10,13H,4-7,9,16H2,1-3H3,(H2,17,18,19,20);1H. The number of amides is 1. The highest BCUT2D eigenvalue weighted by atomic mass is 35.5. The molecule has 7 heteroatoms. The first-order valence-corrected chi connectivity index (χ1v) is 7.53. The Labute approximate surface area is 138 Å². The van der Waals surface area contributed by atoms with E-state index in [1.165, 1.54) is 0 Å². The Morgan fingerprint density at radius 2 is 2.14 bits per heavy atom. The number of hydrogen-bond acceptors (Lipinski definition) is 4. The van der Waals surface area contributed by atoms with E-state index in [1.54, 1.807) is 0 Å². The van der Waals surface area contributed by atoms with Crippen LogP contribution in [0.15, 0.2) is 6.07 Å². The molecule has 0 spiro atoms. The maximum Gasteiger partial charge on any atom is 0.242 e. The van der Waals surface area contributed by atoms with Gasteiger partial charge in [0.15, 0.2) is 5.82 Å². The van der Waals surface area contributed by atoms with Crippen molar-refractivity contribution in [1.82, 2.24) is 10.2 Å². The van der Waals surface area contributed by atoms with Gasteiger partial charge in [-0.05, 0) is 30.6 Å². The van der Waals surface area contributed by atoms with Crippen LogP contribution in [0.2, 0.25) is 0 Å². The van der Waals surface area contributed by atoms with Crippen LogP contribution in [-0.2, 0) is 16.0 Å². The van der Waals surface area contributed by atoms with Crippen molar-refractivity contribution in [2.75, 3.05) is 18.5 Å². The van der Waals surface area contributed by atoms with Crippen LogP contribution in [0, 0.1) is 11.3 Å². The lowest BCUT2D eigenvalue weighted by Gasteiger charge is -2.26. The number of hydrogen-bond donors (Lipinski definition) is 3. The van der Waals surface area contributed by atoms with Gasteiger partial charge in [0.2, 0.25) is 5.91 Å². The van der Waals surface area contributed by atoms with E-state index in [0.717, 1.165) is 25.0 Å². The molecule has 0 bridgehead atoms. The van der Waals surface area contributed by atoms with Gasteiger partial charge in [0.25, 0.3) is 0 Å². The molecular weight excluding hydrogens is 304 g/mol. The summed E-state index contributed by atoms with van der Waals surface area (Å²) in [6.07, 6.45) is 2.55. The van der Waals surface area contributed by atoms with Gasteiger partial charge in [0.1, 0.15) is 0 Å². The number of carbonyl (C=O) groups excluding carboxylic acids is 1. The maximum absolute atomic E-state index is 12.2. The summed E-state index contributed by atoms with van der Waals surface area (Å²) in [6.45, 7) is 7.85. The molecule has 1 aliphatic heterocycles. The van der Waals surface area contributed by atoms with E-state index in [2.05, 4.69) is 36.3 Å². The second kappa shape index (κ2) is 7.94. The van der Waals surface area contributed by atoms with Gasteiger partial charge in [-0.2, -0.15) is 5.10 Å². The zero-order valence-electron chi connectivity index (χ0n) is 13.5. The molecule has 1 aromatic rings. The van der Waals surface area contributed by atoms with Crippen LogP contribution in [0.25, 0.3) is 0 Å². The van der Waals surface area contributed by atoms with E-state index in [-0.39, 0.29) is 29.6 Å². The monoisotopic (exact) mass is 330 g/mol. The Hall–Kier alpha value is -1.11. The van der Waals surface area contributed by atoms with Crippen molar-refractivity contribution in [2.24, 2.45) is 17.1 Å². The van der Waals surface area contributed by atoms with Gasteiger partial charge < -0.3 is 15.8 Å². The van der Waals surface area contributed by atoms with E-state index in [1.807, 2.05) is 6.07 Å². The van der Waals surface area contributed by atoms with Gasteiger partial charge in [0.05, 0.1) is 6.04 Å². The van der Waals surface area contributed by atoms with Crippen molar-refractivity contribution < 1.29 is 9.53 Å².